The summed E-state index contributed by atoms with van der Waals surface area (Å²) in [6, 6.07) is 9.38. The van der Waals surface area contributed by atoms with E-state index in [1.807, 2.05) is 24.3 Å². The van der Waals surface area contributed by atoms with Crippen LogP contribution in [0.1, 0.15) is 30.9 Å². The maximum absolute atomic E-state index is 13.6. The molecule has 0 unspecified atom stereocenters. The molecule has 2 aliphatic heterocycles. The molecule has 0 saturated carbocycles. The summed E-state index contributed by atoms with van der Waals surface area (Å²) in [5.41, 5.74) is 2.69. The molecular weight excluding hydrogens is 452 g/mol. The first kappa shape index (κ1) is 22.9. The first-order valence-electron chi connectivity index (χ1n) is 11.6. The lowest BCUT2D eigenvalue weighted by atomic mass is 9.99. The molecule has 34 heavy (non-hydrogen) atoms. The third-order valence-electron chi connectivity index (χ3n) is 7.01. The number of aromatic nitrogens is 2. The smallest absolute Gasteiger partial charge is 0.243 e. The van der Waals surface area contributed by atoms with Crippen molar-refractivity contribution in [2.45, 2.75) is 37.6 Å². The molecule has 180 valence electrons. The Kier molecular flexibility index (Phi) is 6.07. The molecule has 0 spiro atoms. The van der Waals surface area contributed by atoms with Gasteiger partial charge in [-0.1, -0.05) is 19.1 Å². The monoisotopic (exact) mass is 482 g/mol. The van der Waals surface area contributed by atoms with Crippen molar-refractivity contribution in [3.63, 3.8) is 0 Å². The van der Waals surface area contributed by atoms with Crippen molar-refractivity contribution in [1.82, 2.24) is 14.3 Å². The van der Waals surface area contributed by atoms with Crippen molar-refractivity contribution in [2.24, 2.45) is 5.92 Å². The highest BCUT2D eigenvalue weighted by molar-refractivity contribution is 7.89. The van der Waals surface area contributed by atoms with Gasteiger partial charge in [-0.15, -0.1) is 0 Å². The number of hydrogen-bond acceptors (Lipinski definition) is 7. The van der Waals surface area contributed by atoms with Crippen LogP contribution in [0.15, 0.2) is 41.6 Å². The van der Waals surface area contributed by atoms with Gasteiger partial charge in [0.25, 0.3) is 0 Å². The normalized spacial score (nSPS) is 17.6. The van der Waals surface area contributed by atoms with Gasteiger partial charge in [0.05, 0.1) is 24.6 Å². The molecule has 0 amide bonds. The van der Waals surface area contributed by atoms with Gasteiger partial charge in [0.15, 0.2) is 11.5 Å². The van der Waals surface area contributed by atoms with Crippen molar-refractivity contribution in [2.75, 3.05) is 38.8 Å². The molecule has 8 nitrogen and oxygen atoms in total. The van der Waals surface area contributed by atoms with Crippen LogP contribution >= 0.6 is 0 Å². The number of anilines is 1. The number of methoxy groups -OCH3 is 2. The molecule has 0 aliphatic carbocycles. The van der Waals surface area contributed by atoms with Gasteiger partial charge < -0.3 is 14.4 Å². The Labute approximate surface area is 200 Å². The van der Waals surface area contributed by atoms with Gasteiger partial charge >= 0.3 is 0 Å². The Morgan fingerprint density at radius 3 is 2.47 bits per heavy atom. The standard InChI is InChI=1S/C25H30N4O4S/c1-17-7-11-29(12-8-17)34(30,31)24-6-4-5-18-9-10-28(15-20(18)24)25-19-13-22(32-2)23(33-3)14-21(19)26-16-27-25/h4-6,13-14,16-17H,7-12,15H2,1-3H3. The molecule has 9 heteroatoms. The molecule has 3 heterocycles. The number of rotatable bonds is 5. The Hall–Kier alpha value is -2.91. The van der Waals surface area contributed by atoms with E-state index in [2.05, 4.69) is 21.8 Å². The van der Waals surface area contributed by atoms with Crippen molar-refractivity contribution in [1.29, 1.82) is 0 Å². The average Bonchev–Trinajstić information content (AvgIpc) is 2.87. The minimum atomic E-state index is -3.56. The Balaban J connectivity index is 1.53. The third-order valence-corrected chi connectivity index (χ3v) is 8.99. The number of sulfonamides is 1. The second kappa shape index (κ2) is 9.03. The van der Waals surface area contributed by atoms with E-state index in [0.29, 0.717) is 41.9 Å². The second-order valence-corrected chi connectivity index (χ2v) is 11.0. The van der Waals surface area contributed by atoms with Gasteiger partial charge in [-0.2, -0.15) is 4.31 Å². The van der Waals surface area contributed by atoms with E-state index in [-0.39, 0.29) is 0 Å². The topological polar surface area (TPSA) is 84.9 Å². The second-order valence-electron chi connectivity index (χ2n) is 9.07. The Morgan fingerprint density at radius 2 is 1.74 bits per heavy atom. The van der Waals surface area contributed by atoms with Crippen molar-refractivity contribution in [3.05, 3.63) is 47.8 Å². The van der Waals surface area contributed by atoms with Gasteiger partial charge in [-0.25, -0.2) is 18.4 Å². The van der Waals surface area contributed by atoms with Crippen LogP contribution in [0.25, 0.3) is 10.9 Å². The van der Waals surface area contributed by atoms with Gasteiger partial charge in [0, 0.05) is 37.6 Å². The predicted octanol–water partition coefficient (Wildman–Crippen LogP) is 3.63. The lowest BCUT2D eigenvalue weighted by Crippen LogP contribution is -2.39. The zero-order chi connectivity index (χ0) is 23.9. The summed E-state index contributed by atoms with van der Waals surface area (Å²) in [7, 11) is -0.362. The number of ether oxygens (including phenoxy) is 2. The van der Waals surface area contributed by atoms with Crippen LogP contribution in [0.5, 0.6) is 11.5 Å². The molecule has 2 aromatic carbocycles. The van der Waals surface area contributed by atoms with E-state index in [1.165, 1.54) is 6.33 Å². The zero-order valence-electron chi connectivity index (χ0n) is 19.8. The predicted molar refractivity (Wildman–Crippen MR) is 131 cm³/mol. The summed E-state index contributed by atoms with van der Waals surface area (Å²) < 4.78 is 39.8. The van der Waals surface area contributed by atoms with E-state index in [4.69, 9.17) is 9.47 Å². The summed E-state index contributed by atoms with van der Waals surface area (Å²) in [5.74, 6) is 2.53. The van der Waals surface area contributed by atoms with Crippen LogP contribution in [0.3, 0.4) is 0 Å². The third kappa shape index (κ3) is 3.96. The quantitative estimate of drug-likeness (QED) is 0.549. The van der Waals surface area contributed by atoms with Crippen molar-refractivity contribution < 1.29 is 17.9 Å². The molecule has 0 radical (unpaired) electrons. The summed E-state index contributed by atoms with van der Waals surface area (Å²) in [4.78, 5) is 11.5. The lowest BCUT2D eigenvalue weighted by Gasteiger charge is -2.34. The largest absolute Gasteiger partial charge is 0.493 e. The minimum Gasteiger partial charge on any atom is -0.493 e. The number of fused-ring (bicyclic) bond motifs is 2. The first-order chi connectivity index (χ1) is 16.4. The summed E-state index contributed by atoms with van der Waals surface area (Å²) in [5, 5.41) is 0.842. The van der Waals surface area contributed by atoms with E-state index < -0.39 is 10.0 Å². The van der Waals surface area contributed by atoms with E-state index in [0.717, 1.165) is 53.7 Å². The van der Waals surface area contributed by atoms with Crippen LogP contribution in [-0.2, 0) is 23.0 Å². The van der Waals surface area contributed by atoms with Crippen LogP contribution in [0.2, 0.25) is 0 Å². The summed E-state index contributed by atoms with van der Waals surface area (Å²) >= 11 is 0. The Bertz CT molecular complexity index is 1320. The summed E-state index contributed by atoms with van der Waals surface area (Å²) in [6.45, 7) is 4.54. The molecule has 0 bridgehead atoms. The fraction of sp³-hybridized carbons (Fsp3) is 0.440. The molecule has 5 rings (SSSR count). The number of hydrogen-bond donors (Lipinski definition) is 0. The molecule has 1 saturated heterocycles. The molecule has 2 aliphatic rings. The number of piperidine rings is 1. The first-order valence-corrected chi connectivity index (χ1v) is 13.1. The zero-order valence-corrected chi connectivity index (χ0v) is 20.6. The van der Waals surface area contributed by atoms with E-state index >= 15 is 0 Å². The van der Waals surface area contributed by atoms with E-state index in [9.17, 15) is 8.42 Å². The number of benzene rings is 2. The fourth-order valence-corrected chi connectivity index (χ4v) is 6.69. The summed E-state index contributed by atoms with van der Waals surface area (Å²) in [6.07, 6.45) is 4.09. The molecule has 1 aromatic heterocycles. The van der Waals surface area contributed by atoms with Crippen LogP contribution in [0, 0.1) is 5.92 Å². The molecule has 3 aromatic rings. The Morgan fingerprint density at radius 1 is 1.00 bits per heavy atom. The minimum absolute atomic E-state index is 0.418. The highest BCUT2D eigenvalue weighted by Gasteiger charge is 2.32. The molecular formula is C25H30N4O4S. The van der Waals surface area contributed by atoms with E-state index in [1.54, 1.807) is 24.6 Å². The highest BCUT2D eigenvalue weighted by atomic mass is 32.2. The van der Waals surface area contributed by atoms with Crippen LogP contribution in [0.4, 0.5) is 5.82 Å². The molecule has 0 N–H and O–H groups in total. The average molecular weight is 483 g/mol. The van der Waals surface area contributed by atoms with Gasteiger partial charge in [-0.05, 0) is 48.4 Å². The fourth-order valence-electron chi connectivity index (χ4n) is 4.96. The number of nitrogens with zero attached hydrogens (tertiary/aromatic N) is 4. The van der Waals surface area contributed by atoms with Gasteiger partial charge in [0.2, 0.25) is 10.0 Å². The van der Waals surface area contributed by atoms with Crippen LogP contribution in [-0.4, -0.2) is 56.5 Å². The molecule has 1 fully saturated rings. The van der Waals surface area contributed by atoms with Gasteiger partial charge in [-0.3, -0.25) is 0 Å². The lowest BCUT2D eigenvalue weighted by molar-refractivity contribution is 0.288. The maximum Gasteiger partial charge on any atom is 0.243 e. The highest BCUT2D eigenvalue weighted by Crippen LogP contribution is 2.37. The van der Waals surface area contributed by atoms with Crippen molar-refractivity contribution in [3.8, 4) is 11.5 Å². The SMILES string of the molecule is COc1cc2ncnc(N3CCc4cccc(S(=O)(=O)N5CCC(C)CC5)c4C3)c2cc1OC. The van der Waals surface area contributed by atoms with Crippen LogP contribution < -0.4 is 14.4 Å². The maximum atomic E-state index is 13.6. The molecule has 0 atom stereocenters. The van der Waals surface area contributed by atoms with Gasteiger partial charge in [0.1, 0.15) is 12.1 Å². The van der Waals surface area contributed by atoms with Crippen molar-refractivity contribution >= 4 is 26.7 Å².